The van der Waals surface area contributed by atoms with Crippen LogP contribution in [0.15, 0.2) is 0 Å². The Bertz CT molecular complexity index is 162. The Kier molecular flexibility index (Phi) is 2.64. The lowest BCUT2D eigenvalue weighted by Gasteiger charge is -2.32. The molecule has 1 heteroatoms. The van der Waals surface area contributed by atoms with Gasteiger partial charge in [0.2, 0.25) is 0 Å². The van der Waals surface area contributed by atoms with Crippen LogP contribution in [-0.4, -0.2) is 10.7 Å². The summed E-state index contributed by atoms with van der Waals surface area (Å²) in [5.41, 5.74) is -0.329. The first-order valence-electron chi connectivity index (χ1n) is 5.93. The van der Waals surface area contributed by atoms with Crippen molar-refractivity contribution in [2.75, 3.05) is 0 Å². The second-order valence-electron chi connectivity index (χ2n) is 5.19. The van der Waals surface area contributed by atoms with Gasteiger partial charge in [0.15, 0.2) is 0 Å². The van der Waals surface area contributed by atoms with Gasteiger partial charge < -0.3 is 5.11 Å². The van der Waals surface area contributed by atoms with Gasteiger partial charge in [0.1, 0.15) is 0 Å². The van der Waals surface area contributed by atoms with Crippen molar-refractivity contribution in [1.29, 1.82) is 0 Å². The van der Waals surface area contributed by atoms with Crippen molar-refractivity contribution in [2.24, 2.45) is 11.8 Å². The highest BCUT2D eigenvalue weighted by atomic mass is 16.3. The van der Waals surface area contributed by atoms with Gasteiger partial charge in [-0.2, -0.15) is 0 Å². The maximum Gasteiger partial charge on any atom is 0.0675 e. The fourth-order valence-electron chi connectivity index (χ4n) is 2.86. The van der Waals surface area contributed by atoms with Crippen molar-refractivity contribution in [3.8, 4) is 0 Å². The number of hydrogen-bond donors (Lipinski definition) is 1. The third-order valence-corrected chi connectivity index (χ3v) is 4.09. The molecule has 0 saturated heterocycles. The van der Waals surface area contributed by atoms with Crippen LogP contribution < -0.4 is 0 Å². The Hall–Kier alpha value is -0.0400. The summed E-state index contributed by atoms with van der Waals surface area (Å²) in [6.07, 6.45) is 10.5. The van der Waals surface area contributed by atoms with E-state index in [2.05, 4.69) is 6.92 Å². The van der Waals surface area contributed by atoms with Crippen molar-refractivity contribution in [2.45, 2.75) is 63.9 Å². The molecule has 2 aliphatic carbocycles. The maximum absolute atomic E-state index is 10.4. The van der Waals surface area contributed by atoms with Crippen molar-refractivity contribution >= 4 is 0 Å². The summed E-state index contributed by atoms with van der Waals surface area (Å²) in [5.74, 6) is 1.23. The van der Waals surface area contributed by atoms with Gasteiger partial charge in [0.25, 0.3) is 0 Å². The largest absolute Gasteiger partial charge is 0.390 e. The molecule has 0 radical (unpaired) electrons. The van der Waals surface area contributed by atoms with Crippen LogP contribution in [0.3, 0.4) is 0 Å². The summed E-state index contributed by atoms with van der Waals surface area (Å²) in [7, 11) is 0. The minimum atomic E-state index is -0.329. The van der Waals surface area contributed by atoms with Gasteiger partial charge >= 0.3 is 0 Å². The first-order chi connectivity index (χ1) is 6.21. The molecule has 0 aromatic carbocycles. The lowest BCUT2D eigenvalue weighted by molar-refractivity contribution is -0.0278. The first-order valence-corrected chi connectivity index (χ1v) is 5.93. The van der Waals surface area contributed by atoms with Crippen LogP contribution in [0.4, 0.5) is 0 Å². The Morgan fingerprint density at radius 1 is 0.846 bits per heavy atom. The second kappa shape index (κ2) is 3.61. The average molecular weight is 182 g/mol. The van der Waals surface area contributed by atoms with Gasteiger partial charge in [-0.3, -0.25) is 0 Å². The van der Waals surface area contributed by atoms with E-state index in [4.69, 9.17) is 0 Å². The van der Waals surface area contributed by atoms with E-state index in [1.54, 1.807) is 0 Å². The highest BCUT2D eigenvalue weighted by molar-refractivity contribution is 4.96. The van der Waals surface area contributed by atoms with Gasteiger partial charge in [-0.1, -0.05) is 25.7 Å². The Balaban J connectivity index is 1.95. The van der Waals surface area contributed by atoms with Gasteiger partial charge in [-0.05, 0) is 44.4 Å². The van der Waals surface area contributed by atoms with E-state index in [0.29, 0.717) is 11.8 Å². The minimum absolute atomic E-state index is 0.329. The van der Waals surface area contributed by atoms with E-state index in [0.717, 1.165) is 0 Å². The van der Waals surface area contributed by atoms with E-state index in [1.165, 1.54) is 51.4 Å². The zero-order valence-electron chi connectivity index (χ0n) is 8.76. The molecular formula is C12H22O. The summed E-state index contributed by atoms with van der Waals surface area (Å²) < 4.78 is 0. The molecule has 13 heavy (non-hydrogen) atoms. The molecule has 2 fully saturated rings. The van der Waals surface area contributed by atoms with Crippen LogP contribution in [0.25, 0.3) is 0 Å². The first kappa shape index (κ1) is 9.51. The van der Waals surface area contributed by atoms with Crippen LogP contribution >= 0.6 is 0 Å². The fraction of sp³-hybridized carbons (Fsp3) is 1.00. The van der Waals surface area contributed by atoms with Crippen LogP contribution in [-0.2, 0) is 0 Å². The molecule has 76 valence electrons. The molecule has 0 bridgehead atoms. The van der Waals surface area contributed by atoms with E-state index in [-0.39, 0.29) is 5.60 Å². The summed E-state index contributed by atoms with van der Waals surface area (Å²) >= 11 is 0. The zero-order chi connectivity index (χ0) is 9.31. The molecule has 1 unspecified atom stereocenters. The maximum atomic E-state index is 10.4. The standard InChI is InChI=1S/C12H22O/c1-12(13,11-8-9-11)10-6-4-2-3-5-7-10/h10-11,13H,2-9H2,1H3. The molecule has 0 aliphatic heterocycles. The molecule has 0 amide bonds. The van der Waals surface area contributed by atoms with Crippen molar-refractivity contribution in [3.05, 3.63) is 0 Å². The van der Waals surface area contributed by atoms with Gasteiger partial charge in [0, 0.05) is 0 Å². The molecule has 2 saturated carbocycles. The molecule has 2 rings (SSSR count). The SMILES string of the molecule is CC(O)(C1CCCCCC1)C1CC1. The highest BCUT2D eigenvalue weighted by Gasteiger charge is 2.44. The van der Waals surface area contributed by atoms with Crippen LogP contribution in [0, 0.1) is 11.8 Å². The van der Waals surface area contributed by atoms with Crippen molar-refractivity contribution in [3.63, 3.8) is 0 Å². The monoisotopic (exact) mass is 182 g/mol. The average Bonchev–Trinajstić information content (AvgIpc) is 2.93. The predicted octanol–water partition coefficient (Wildman–Crippen LogP) is 3.12. The Morgan fingerprint density at radius 2 is 1.31 bits per heavy atom. The lowest BCUT2D eigenvalue weighted by atomic mass is 9.80. The lowest BCUT2D eigenvalue weighted by Crippen LogP contribution is -2.36. The van der Waals surface area contributed by atoms with E-state index in [9.17, 15) is 5.11 Å². The number of hydrogen-bond acceptors (Lipinski definition) is 1. The van der Waals surface area contributed by atoms with Crippen LogP contribution in [0.5, 0.6) is 0 Å². The van der Waals surface area contributed by atoms with Crippen LogP contribution in [0.2, 0.25) is 0 Å². The van der Waals surface area contributed by atoms with E-state index < -0.39 is 0 Å². The zero-order valence-corrected chi connectivity index (χ0v) is 8.76. The quantitative estimate of drug-likeness (QED) is 0.651. The Labute approximate surface area is 81.5 Å². The molecule has 1 N–H and O–H groups in total. The number of aliphatic hydroxyl groups is 1. The van der Waals surface area contributed by atoms with Crippen LogP contribution in [0.1, 0.15) is 58.3 Å². The van der Waals surface area contributed by atoms with Gasteiger partial charge in [-0.15, -0.1) is 0 Å². The predicted molar refractivity (Wildman–Crippen MR) is 54.5 cm³/mol. The third-order valence-electron chi connectivity index (χ3n) is 4.09. The molecule has 2 aliphatic rings. The molecule has 1 atom stereocenters. The smallest absolute Gasteiger partial charge is 0.0675 e. The summed E-state index contributed by atoms with van der Waals surface area (Å²) in [5, 5.41) is 10.4. The Morgan fingerprint density at radius 3 is 1.77 bits per heavy atom. The molecule has 0 aromatic rings. The third kappa shape index (κ3) is 2.07. The normalized spacial score (nSPS) is 30.9. The molecule has 0 heterocycles. The van der Waals surface area contributed by atoms with Gasteiger partial charge in [0.05, 0.1) is 5.60 Å². The van der Waals surface area contributed by atoms with Crippen molar-refractivity contribution < 1.29 is 5.11 Å². The summed E-state index contributed by atoms with van der Waals surface area (Å²) in [6, 6.07) is 0. The molecule has 0 spiro atoms. The minimum Gasteiger partial charge on any atom is -0.390 e. The summed E-state index contributed by atoms with van der Waals surface area (Å²) in [4.78, 5) is 0. The topological polar surface area (TPSA) is 20.2 Å². The summed E-state index contributed by atoms with van der Waals surface area (Å²) in [6.45, 7) is 2.08. The van der Waals surface area contributed by atoms with Crippen molar-refractivity contribution in [1.82, 2.24) is 0 Å². The fourth-order valence-corrected chi connectivity index (χ4v) is 2.86. The van der Waals surface area contributed by atoms with E-state index in [1.807, 2.05) is 0 Å². The molecular weight excluding hydrogens is 160 g/mol. The highest BCUT2D eigenvalue weighted by Crippen LogP contribution is 2.46. The molecule has 0 aromatic heterocycles. The number of rotatable bonds is 2. The second-order valence-corrected chi connectivity index (χ2v) is 5.19. The molecule has 1 nitrogen and oxygen atoms in total. The van der Waals surface area contributed by atoms with Gasteiger partial charge in [-0.25, -0.2) is 0 Å². The van der Waals surface area contributed by atoms with E-state index >= 15 is 0 Å².